The maximum atomic E-state index is 6.28. The van der Waals surface area contributed by atoms with Crippen LogP contribution in [-0.2, 0) is 5.88 Å². The van der Waals surface area contributed by atoms with Gasteiger partial charge in [0, 0.05) is 5.56 Å². The number of aryl methyl sites for hydroxylation is 1. The Labute approximate surface area is 101 Å². The molecule has 2 rings (SSSR count). The first kappa shape index (κ1) is 11.3. The minimum absolute atomic E-state index is 0.456. The highest BCUT2D eigenvalue weighted by atomic mass is 35.5. The van der Waals surface area contributed by atoms with Crippen molar-refractivity contribution in [2.45, 2.75) is 50.9 Å². The smallest absolute Gasteiger partial charge is 0.132 e. The molecule has 1 aliphatic rings. The molecule has 0 bridgehead atoms. The minimum atomic E-state index is 0.456. The minimum Gasteiger partial charge on any atom is -0.250 e. The Kier molecular flexibility index (Phi) is 3.57. The summed E-state index contributed by atoms with van der Waals surface area (Å²) in [6, 6.07) is 0.488. The van der Waals surface area contributed by atoms with E-state index in [2.05, 4.69) is 5.10 Å². The fourth-order valence-corrected chi connectivity index (χ4v) is 3.04. The second-order valence-electron chi connectivity index (χ2n) is 4.22. The van der Waals surface area contributed by atoms with Crippen LogP contribution in [0.25, 0.3) is 0 Å². The average Bonchev–Trinajstić information content (AvgIpc) is 2.55. The highest BCUT2D eigenvalue weighted by Gasteiger charge is 2.21. The fraction of sp³-hybridized carbons (Fsp3) is 0.727. The van der Waals surface area contributed by atoms with Gasteiger partial charge in [0.1, 0.15) is 5.15 Å². The predicted molar refractivity (Wildman–Crippen MR) is 63.7 cm³/mol. The van der Waals surface area contributed by atoms with Crippen molar-refractivity contribution >= 4 is 23.2 Å². The lowest BCUT2D eigenvalue weighted by atomic mass is 9.96. The van der Waals surface area contributed by atoms with Gasteiger partial charge in [0.15, 0.2) is 0 Å². The van der Waals surface area contributed by atoms with Crippen LogP contribution in [0.4, 0.5) is 0 Å². The average molecular weight is 247 g/mol. The summed E-state index contributed by atoms with van der Waals surface area (Å²) >= 11 is 12.1. The molecule has 0 radical (unpaired) electrons. The Balaban J connectivity index is 2.27. The zero-order chi connectivity index (χ0) is 10.8. The second kappa shape index (κ2) is 4.75. The van der Waals surface area contributed by atoms with E-state index in [1.807, 2.05) is 11.6 Å². The lowest BCUT2D eigenvalue weighted by Crippen LogP contribution is -2.14. The molecule has 1 aromatic heterocycles. The summed E-state index contributed by atoms with van der Waals surface area (Å²) < 4.78 is 1.98. The van der Waals surface area contributed by atoms with Crippen molar-refractivity contribution in [3.05, 3.63) is 16.4 Å². The van der Waals surface area contributed by atoms with E-state index in [1.54, 1.807) is 0 Å². The van der Waals surface area contributed by atoms with Gasteiger partial charge in [-0.25, -0.2) is 0 Å². The lowest BCUT2D eigenvalue weighted by Gasteiger charge is -2.22. The van der Waals surface area contributed by atoms with Crippen molar-refractivity contribution < 1.29 is 0 Å². The number of hydrogen-bond acceptors (Lipinski definition) is 1. The van der Waals surface area contributed by atoms with Gasteiger partial charge in [-0.05, 0) is 19.8 Å². The molecule has 0 aliphatic heterocycles. The summed E-state index contributed by atoms with van der Waals surface area (Å²) in [5.74, 6) is 0.456. The van der Waals surface area contributed by atoms with Crippen LogP contribution in [0.1, 0.15) is 49.4 Å². The first-order chi connectivity index (χ1) is 7.24. The number of rotatable bonds is 2. The van der Waals surface area contributed by atoms with Gasteiger partial charge in [0.05, 0.1) is 17.6 Å². The van der Waals surface area contributed by atoms with Gasteiger partial charge in [0.25, 0.3) is 0 Å². The molecule has 1 saturated carbocycles. The lowest BCUT2D eigenvalue weighted by molar-refractivity contribution is 0.329. The van der Waals surface area contributed by atoms with Gasteiger partial charge < -0.3 is 0 Å². The molecule has 2 nitrogen and oxygen atoms in total. The standard InChI is InChI=1S/C11H16Cl2N2/c1-8-10(7-12)11(13)15(14-8)9-5-3-2-4-6-9/h9H,2-7H2,1H3. The second-order valence-corrected chi connectivity index (χ2v) is 4.85. The molecule has 0 spiro atoms. The molecule has 0 amide bonds. The Morgan fingerprint density at radius 1 is 1.33 bits per heavy atom. The Morgan fingerprint density at radius 3 is 2.53 bits per heavy atom. The molecule has 0 saturated heterocycles. The van der Waals surface area contributed by atoms with Crippen LogP contribution in [-0.4, -0.2) is 9.78 Å². The van der Waals surface area contributed by atoms with E-state index < -0.39 is 0 Å². The topological polar surface area (TPSA) is 17.8 Å². The Hall–Kier alpha value is -0.210. The largest absolute Gasteiger partial charge is 0.250 e. The normalized spacial score (nSPS) is 18.3. The summed E-state index contributed by atoms with van der Waals surface area (Å²) in [5.41, 5.74) is 1.96. The SMILES string of the molecule is Cc1nn(C2CCCCC2)c(Cl)c1CCl. The maximum Gasteiger partial charge on any atom is 0.132 e. The molecular weight excluding hydrogens is 231 g/mol. The molecule has 1 heterocycles. The number of nitrogens with zero attached hydrogens (tertiary/aromatic N) is 2. The van der Waals surface area contributed by atoms with E-state index in [4.69, 9.17) is 23.2 Å². The monoisotopic (exact) mass is 246 g/mol. The molecule has 4 heteroatoms. The van der Waals surface area contributed by atoms with Crippen molar-refractivity contribution in [3.63, 3.8) is 0 Å². The van der Waals surface area contributed by atoms with Crippen molar-refractivity contribution in [2.24, 2.45) is 0 Å². The first-order valence-corrected chi connectivity index (χ1v) is 6.44. The molecule has 0 aromatic carbocycles. The predicted octanol–water partition coefficient (Wildman–Crippen LogP) is 4.09. The summed E-state index contributed by atoms with van der Waals surface area (Å²) in [7, 11) is 0. The highest BCUT2D eigenvalue weighted by molar-refractivity contribution is 6.31. The molecule has 1 fully saturated rings. The van der Waals surface area contributed by atoms with Crippen molar-refractivity contribution in [3.8, 4) is 0 Å². The van der Waals surface area contributed by atoms with Gasteiger partial charge in [0.2, 0.25) is 0 Å². The molecule has 1 aromatic rings. The van der Waals surface area contributed by atoms with Gasteiger partial charge in [-0.3, -0.25) is 4.68 Å². The van der Waals surface area contributed by atoms with Gasteiger partial charge >= 0.3 is 0 Å². The van der Waals surface area contributed by atoms with E-state index in [0.717, 1.165) is 16.4 Å². The van der Waals surface area contributed by atoms with E-state index in [0.29, 0.717) is 11.9 Å². The van der Waals surface area contributed by atoms with Crippen molar-refractivity contribution in [1.82, 2.24) is 9.78 Å². The van der Waals surface area contributed by atoms with E-state index in [-0.39, 0.29) is 0 Å². The molecule has 0 N–H and O–H groups in total. The third-order valence-corrected chi connectivity index (χ3v) is 3.87. The van der Waals surface area contributed by atoms with E-state index in [9.17, 15) is 0 Å². The quantitative estimate of drug-likeness (QED) is 0.720. The zero-order valence-corrected chi connectivity index (χ0v) is 10.5. The summed E-state index contributed by atoms with van der Waals surface area (Å²) in [5, 5.41) is 5.25. The van der Waals surface area contributed by atoms with E-state index in [1.165, 1.54) is 32.1 Å². The number of alkyl halides is 1. The van der Waals surface area contributed by atoms with Gasteiger partial charge in [-0.2, -0.15) is 5.10 Å². The number of halogens is 2. The molecule has 84 valence electrons. The van der Waals surface area contributed by atoms with Crippen molar-refractivity contribution in [2.75, 3.05) is 0 Å². The number of aromatic nitrogens is 2. The highest BCUT2D eigenvalue weighted by Crippen LogP contribution is 2.32. The third-order valence-electron chi connectivity index (χ3n) is 3.20. The maximum absolute atomic E-state index is 6.28. The summed E-state index contributed by atoms with van der Waals surface area (Å²) in [4.78, 5) is 0. The molecule has 0 unspecified atom stereocenters. The van der Waals surface area contributed by atoms with Crippen molar-refractivity contribution in [1.29, 1.82) is 0 Å². The van der Waals surface area contributed by atoms with Gasteiger partial charge in [-0.15, -0.1) is 11.6 Å². The first-order valence-electron chi connectivity index (χ1n) is 5.53. The molecule has 15 heavy (non-hydrogen) atoms. The zero-order valence-electron chi connectivity index (χ0n) is 8.97. The van der Waals surface area contributed by atoms with Gasteiger partial charge in [-0.1, -0.05) is 30.9 Å². The van der Waals surface area contributed by atoms with Crippen LogP contribution in [0.2, 0.25) is 5.15 Å². The fourth-order valence-electron chi connectivity index (χ4n) is 2.27. The summed E-state index contributed by atoms with van der Waals surface area (Å²) in [6.07, 6.45) is 6.31. The van der Waals surface area contributed by atoms with Crippen LogP contribution in [0.15, 0.2) is 0 Å². The molecule has 1 aliphatic carbocycles. The van der Waals surface area contributed by atoms with Crippen LogP contribution < -0.4 is 0 Å². The molecular formula is C11H16Cl2N2. The van der Waals surface area contributed by atoms with Crippen LogP contribution in [0, 0.1) is 6.92 Å². The third kappa shape index (κ3) is 2.16. The van der Waals surface area contributed by atoms with Crippen LogP contribution in [0.3, 0.4) is 0 Å². The Morgan fingerprint density at radius 2 is 2.00 bits per heavy atom. The van der Waals surface area contributed by atoms with Crippen LogP contribution in [0.5, 0.6) is 0 Å². The summed E-state index contributed by atoms with van der Waals surface area (Å²) in [6.45, 7) is 1.98. The Bertz CT molecular complexity index is 341. The molecule has 0 atom stereocenters. The van der Waals surface area contributed by atoms with Crippen LogP contribution >= 0.6 is 23.2 Å². The van der Waals surface area contributed by atoms with E-state index >= 15 is 0 Å². The number of hydrogen-bond donors (Lipinski definition) is 0.